The van der Waals surface area contributed by atoms with Crippen molar-refractivity contribution in [1.29, 1.82) is 0 Å². The van der Waals surface area contributed by atoms with Gasteiger partial charge in [-0.15, -0.1) is 5.10 Å². The molecule has 1 unspecified atom stereocenters. The van der Waals surface area contributed by atoms with Crippen molar-refractivity contribution >= 4 is 0 Å². The van der Waals surface area contributed by atoms with Crippen molar-refractivity contribution in [2.45, 2.75) is 33.4 Å². The molecular formula is C14H20FN5. The molecule has 1 heterocycles. The standard InChI is InChI=1S/C14H20FN5/c1-10(2)8-16-9-14-17-18-19-20(14)11(3)12-5-4-6-13(15)7-12/h4-7,10-11,16H,8-9H2,1-3H3. The van der Waals surface area contributed by atoms with Crippen LogP contribution in [0.2, 0.25) is 0 Å². The second-order valence-corrected chi connectivity index (χ2v) is 5.30. The third-order valence-electron chi connectivity index (χ3n) is 3.09. The number of benzene rings is 1. The first kappa shape index (κ1) is 14.6. The Balaban J connectivity index is 2.10. The van der Waals surface area contributed by atoms with E-state index in [1.807, 2.05) is 13.0 Å². The molecule has 6 heteroatoms. The number of nitrogens with zero attached hydrogens (tertiary/aromatic N) is 4. The Bertz CT molecular complexity index is 552. The quantitative estimate of drug-likeness (QED) is 0.879. The molecule has 5 nitrogen and oxygen atoms in total. The van der Waals surface area contributed by atoms with Gasteiger partial charge in [-0.25, -0.2) is 9.07 Å². The van der Waals surface area contributed by atoms with E-state index < -0.39 is 0 Å². The molecule has 0 saturated heterocycles. The molecule has 1 atom stereocenters. The highest BCUT2D eigenvalue weighted by Gasteiger charge is 2.15. The molecule has 0 amide bonds. The van der Waals surface area contributed by atoms with Crippen LogP contribution in [-0.4, -0.2) is 26.8 Å². The lowest BCUT2D eigenvalue weighted by molar-refractivity contribution is 0.486. The maximum Gasteiger partial charge on any atom is 0.165 e. The van der Waals surface area contributed by atoms with Gasteiger partial charge in [0.2, 0.25) is 0 Å². The summed E-state index contributed by atoms with van der Waals surface area (Å²) in [6, 6.07) is 6.42. The number of tetrazole rings is 1. The summed E-state index contributed by atoms with van der Waals surface area (Å²) in [4.78, 5) is 0. The van der Waals surface area contributed by atoms with Crippen LogP contribution >= 0.6 is 0 Å². The van der Waals surface area contributed by atoms with Gasteiger partial charge in [0, 0.05) is 0 Å². The molecule has 0 spiro atoms. The lowest BCUT2D eigenvalue weighted by atomic mass is 10.1. The molecule has 2 aromatic rings. The van der Waals surface area contributed by atoms with Crippen LogP contribution in [0, 0.1) is 11.7 Å². The topological polar surface area (TPSA) is 55.6 Å². The first-order chi connectivity index (χ1) is 9.58. The Kier molecular flexibility index (Phi) is 4.79. The van der Waals surface area contributed by atoms with Crippen LogP contribution in [0.1, 0.15) is 38.2 Å². The largest absolute Gasteiger partial charge is 0.310 e. The van der Waals surface area contributed by atoms with Gasteiger partial charge in [0.05, 0.1) is 12.6 Å². The number of aromatic nitrogens is 4. The van der Waals surface area contributed by atoms with Gasteiger partial charge in [0.1, 0.15) is 5.82 Å². The van der Waals surface area contributed by atoms with E-state index in [9.17, 15) is 4.39 Å². The summed E-state index contributed by atoms with van der Waals surface area (Å²) in [6.45, 7) is 7.75. The summed E-state index contributed by atoms with van der Waals surface area (Å²) >= 11 is 0. The second kappa shape index (κ2) is 6.56. The SMILES string of the molecule is CC(C)CNCc1nnnn1C(C)c1cccc(F)c1. The molecule has 0 radical (unpaired) electrons. The molecule has 0 bridgehead atoms. The van der Waals surface area contributed by atoms with Crippen molar-refractivity contribution in [3.63, 3.8) is 0 Å². The van der Waals surface area contributed by atoms with Crippen LogP contribution in [0.25, 0.3) is 0 Å². The summed E-state index contributed by atoms with van der Waals surface area (Å²) in [5, 5.41) is 15.1. The zero-order valence-corrected chi connectivity index (χ0v) is 12.0. The van der Waals surface area contributed by atoms with E-state index in [0.29, 0.717) is 12.5 Å². The fourth-order valence-corrected chi connectivity index (χ4v) is 2.01. The minimum absolute atomic E-state index is 0.100. The number of hydrogen-bond donors (Lipinski definition) is 1. The molecule has 0 aliphatic carbocycles. The number of halogens is 1. The van der Waals surface area contributed by atoms with E-state index in [1.165, 1.54) is 12.1 Å². The molecule has 1 aromatic carbocycles. The van der Waals surface area contributed by atoms with Gasteiger partial charge in [-0.05, 0) is 47.5 Å². The molecule has 2 rings (SSSR count). The van der Waals surface area contributed by atoms with Crippen LogP contribution in [0.3, 0.4) is 0 Å². The average Bonchev–Trinajstić information content (AvgIpc) is 2.86. The van der Waals surface area contributed by atoms with Gasteiger partial charge in [-0.2, -0.15) is 0 Å². The molecular weight excluding hydrogens is 257 g/mol. The van der Waals surface area contributed by atoms with E-state index in [4.69, 9.17) is 0 Å². The van der Waals surface area contributed by atoms with Gasteiger partial charge in [0.15, 0.2) is 5.82 Å². The van der Waals surface area contributed by atoms with Crippen molar-refractivity contribution in [1.82, 2.24) is 25.5 Å². The highest BCUT2D eigenvalue weighted by molar-refractivity contribution is 5.20. The molecule has 0 aliphatic rings. The van der Waals surface area contributed by atoms with E-state index in [2.05, 4.69) is 34.7 Å². The van der Waals surface area contributed by atoms with E-state index in [1.54, 1.807) is 10.7 Å². The molecule has 1 aromatic heterocycles. The minimum Gasteiger partial charge on any atom is -0.310 e. The fraction of sp³-hybridized carbons (Fsp3) is 0.500. The minimum atomic E-state index is -0.248. The van der Waals surface area contributed by atoms with Crippen LogP contribution in [0.4, 0.5) is 4.39 Å². The predicted octanol–water partition coefficient (Wildman–Crippen LogP) is 2.17. The van der Waals surface area contributed by atoms with Crippen molar-refractivity contribution in [3.05, 3.63) is 41.5 Å². The maximum absolute atomic E-state index is 13.3. The first-order valence-electron chi connectivity index (χ1n) is 6.81. The monoisotopic (exact) mass is 277 g/mol. The summed E-state index contributed by atoms with van der Waals surface area (Å²) in [7, 11) is 0. The van der Waals surface area contributed by atoms with Crippen LogP contribution < -0.4 is 5.32 Å². The lowest BCUT2D eigenvalue weighted by Gasteiger charge is -2.14. The molecule has 0 saturated carbocycles. The van der Waals surface area contributed by atoms with Crippen LogP contribution in [-0.2, 0) is 6.54 Å². The predicted molar refractivity (Wildman–Crippen MR) is 74.6 cm³/mol. The fourth-order valence-electron chi connectivity index (χ4n) is 2.01. The van der Waals surface area contributed by atoms with Crippen LogP contribution in [0.15, 0.2) is 24.3 Å². The van der Waals surface area contributed by atoms with Gasteiger partial charge >= 0.3 is 0 Å². The third-order valence-corrected chi connectivity index (χ3v) is 3.09. The molecule has 1 N–H and O–H groups in total. The van der Waals surface area contributed by atoms with Crippen molar-refractivity contribution in [2.75, 3.05) is 6.54 Å². The van der Waals surface area contributed by atoms with E-state index >= 15 is 0 Å². The highest BCUT2D eigenvalue weighted by atomic mass is 19.1. The normalized spacial score (nSPS) is 12.8. The van der Waals surface area contributed by atoms with Gasteiger partial charge in [0.25, 0.3) is 0 Å². The number of hydrogen-bond acceptors (Lipinski definition) is 4. The Morgan fingerprint density at radius 2 is 2.10 bits per heavy atom. The summed E-state index contributed by atoms with van der Waals surface area (Å²) in [6.07, 6.45) is 0. The molecule has 108 valence electrons. The molecule has 0 aliphatic heterocycles. The smallest absolute Gasteiger partial charge is 0.165 e. The van der Waals surface area contributed by atoms with Crippen molar-refractivity contribution < 1.29 is 4.39 Å². The van der Waals surface area contributed by atoms with Crippen LogP contribution in [0.5, 0.6) is 0 Å². The van der Waals surface area contributed by atoms with Crippen molar-refractivity contribution in [2.24, 2.45) is 5.92 Å². The van der Waals surface area contributed by atoms with E-state index in [0.717, 1.165) is 17.9 Å². The first-order valence-corrected chi connectivity index (χ1v) is 6.81. The Hall–Kier alpha value is -1.82. The Morgan fingerprint density at radius 3 is 2.80 bits per heavy atom. The zero-order chi connectivity index (χ0) is 14.5. The van der Waals surface area contributed by atoms with E-state index in [-0.39, 0.29) is 11.9 Å². The zero-order valence-electron chi connectivity index (χ0n) is 12.0. The second-order valence-electron chi connectivity index (χ2n) is 5.30. The summed E-state index contributed by atoms with van der Waals surface area (Å²) in [5.74, 6) is 1.07. The van der Waals surface area contributed by atoms with Gasteiger partial charge < -0.3 is 5.32 Å². The van der Waals surface area contributed by atoms with Gasteiger partial charge in [-0.1, -0.05) is 26.0 Å². The summed E-state index contributed by atoms with van der Waals surface area (Å²) < 4.78 is 15.0. The average molecular weight is 277 g/mol. The molecule has 20 heavy (non-hydrogen) atoms. The van der Waals surface area contributed by atoms with Crippen molar-refractivity contribution in [3.8, 4) is 0 Å². The number of nitrogens with one attached hydrogen (secondary N) is 1. The Morgan fingerprint density at radius 1 is 1.30 bits per heavy atom. The Labute approximate surface area is 118 Å². The third kappa shape index (κ3) is 3.60. The maximum atomic E-state index is 13.3. The molecule has 0 fully saturated rings. The number of rotatable bonds is 6. The highest BCUT2D eigenvalue weighted by Crippen LogP contribution is 2.18. The lowest BCUT2D eigenvalue weighted by Crippen LogP contribution is -2.23. The summed E-state index contributed by atoms with van der Waals surface area (Å²) in [5.41, 5.74) is 0.849. The van der Waals surface area contributed by atoms with Gasteiger partial charge in [-0.3, -0.25) is 0 Å².